The van der Waals surface area contributed by atoms with E-state index in [1.807, 2.05) is 19.1 Å². The second-order valence-electron chi connectivity index (χ2n) is 10.5. The fourth-order valence-electron chi connectivity index (χ4n) is 4.98. The molecule has 226 valence electrons. The smallest absolute Gasteiger partial charge is 0.421 e. The van der Waals surface area contributed by atoms with Crippen LogP contribution in [-0.4, -0.2) is 24.7 Å². The van der Waals surface area contributed by atoms with Crippen LogP contribution in [0.25, 0.3) is 32.3 Å². The Morgan fingerprint density at radius 3 is 2.55 bits per heavy atom. The number of aromatic nitrogens is 1. The fourth-order valence-corrected chi connectivity index (χ4v) is 7.77. The van der Waals surface area contributed by atoms with Crippen LogP contribution in [0.15, 0.2) is 101 Å². The van der Waals surface area contributed by atoms with Crippen LogP contribution in [0, 0.1) is 6.92 Å². The summed E-state index contributed by atoms with van der Waals surface area (Å²) in [7, 11) is -4.08. The largest absolute Gasteiger partial charge is 0.464 e. The zero-order valence-electron chi connectivity index (χ0n) is 23.2. The number of aryl methyl sites for hydroxylation is 1. The maximum atomic E-state index is 13.8. The fraction of sp³-hybridized carbons (Fsp3) is 0.156. The van der Waals surface area contributed by atoms with E-state index in [9.17, 15) is 26.7 Å². The van der Waals surface area contributed by atoms with Gasteiger partial charge in [0.1, 0.15) is 5.58 Å². The summed E-state index contributed by atoms with van der Waals surface area (Å²) in [4.78, 5) is 4.94. The lowest BCUT2D eigenvalue weighted by Gasteiger charge is -2.26. The van der Waals surface area contributed by atoms with Crippen molar-refractivity contribution in [2.75, 3.05) is 0 Å². The van der Waals surface area contributed by atoms with Crippen LogP contribution in [0.4, 0.5) is 13.2 Å². The van der Waals surface area contributed by atoms with Gasteiger partial charge in [0.25, 0.3) is 0 Å². The van der Waals surface area contributed by atoms with Crippen LogP contribution >= 0.6 is 22.9 Å². The molecule has 0 fully saturated rings. The summed E-state index contributed by atoms with van der Waals surface area (Å²) < 4.78 is 77.3. The van der Waals surface area contributed by atoms with E-state index >= 15 is 0 Å². The predicted molar refractivity (Wildman–Crippen MR) is 165 cm³/mol. The summed E-state index contributed by atoms with van der Waals surface area (Å²) in [5, 5.41) is 12.0. The molecule has 0 aliphatic rings. The first-order chi connectivity index (χ1) is 20.8. The summed E-state index contributed by atoms with van der Waals surface area (Å²) in [5.41, 5.74) is -0.792. The Hall–Kier alpha value is -3.74. The van der Waals surface area contributed by atoms with E-state index in [1.165, 1.54) is 29.7 Å². The highest BCUT2D eigenvalue weighted by Gasteiger charge is 2.51. The second-order valence-corrected chi connectivity index (χ2v) is 13.7. The van der Waals surface area contributed by atoms with E-state index in [0.29, 0.717) is 43.6 Å². The number of rotatable bonds is 7. The molecule has 0 spiro atoms. The zero-order valence-corrected chi connectivity index (χ0v) is 25.6. The maximum absolute atomic E-state index is 13.8. The highest BCUT2D eigenvalue weighted by molar-refractivity contribution is 7.89. The molecule has 3 aromatic carbocycles. The minimum Gasteiger partial charge on any atom is -0.464 e. The number of nitrogens with one attached hydrogen (secondary N) is 1. The molecule has 2 N–H and O–H groups in total. The number of alkyl halides is 3. The normalized spacial score (nSPS) is 14.6. The number of halogens is 4. The lowest BCUT2D eigenvalue weighted by atomic mass is 9.94. The quantitative estimate of drug-likeness (QED) is 0.180. The van der Waals surface area contributed by atoms with Crippen molar-refractivity contribution in [3.63, 3.8) is 0 Å². The summed E-state index contributed by atoms with van der Waals surface area (Å²) in [6.45, 7) is 2.52. The average molecular weight is 657 g/mol. The number of benzene rings is 3. The molecule has 0 aliphatic carbocycles. The van der Waals surface area contributed by atoms with Crippen LogP contribution in [0.3, 0.4) is 0 Å². The number of nitrogens with zero attached hydrogens (tertiary/aromatic N) is 1. The van der Waals surface area contributed by atoms with Crippen molar-refractivity contribution in [3.8, 4) is 11.3 Å². The Labute approximate surface area is 259 Å². The van der Waals surface area contributed by atoms with E-state index in [-0.39, 0.29) is 16.2 Å². The van der Waals surface area contributed by atoms with Gasteiger partial charge in [-0.05, 0) is 78.4 Å². The van der Waals surface area contributed by atoms with Gasteiger partial charge in [-0.2, -0.15) is 17.9 Å². The number of thiophene rings is 1. The van der Waals surface area contributed by atoms with Crippen molar-refractivity contribution in [1.82, 2.24) is 9.71 Å². The highest BCUT2D eigenvalue weighted by atomic mass is 35.5. The summed E-state index contributed by atoms with van der Waals surface area (Å²) >= 11 is 7.85. The van der Waals surface area contributed by atoms with E-state index < -0.39 is 27.8 Å². The third-order valence-electron chi connectivity index (χ3n) is 7.54. The third-order valence-corrected chi connectivity index (χ3v) is 10.5. The molecule has 0 bridgehead atoms. The van der Waals surface area contributed by atoms with Crippen molar-refractivity contribution >= 4 is 54.0 Å². The monoisotopic (exact) mass is 656 g/mol. The van der Waals surface area contributed by atoms with Gasteiger partial charge in [0, 0.05) is 31.7 Å². The molecule has 0 amide bonds. The molecule has 0 radical (unpaired) electrons. The van der Waals surface area contributed by atoms with Gasteiger partial charge in [-0.3, -0.25) is 4.98 Å². The predicted octanol–water partition coefficient (Wildman–Crippen LogP) is 8.51. The summed E-state index contributed by atoms with van der Waals surface area (Å²) in [5.74, 6) is 0. The summed E-state index contributed by atoms with van der Waals surface area (Å²) in [6.07, 6.45) is -2.12. The zero-order chi connectivity index (χ0) is 31.4. The van der Waals surface area contributed by atoms with Gasteiger partial charge in [-0.25, -0.2) is 8.42 Å². The molecule has 6 aromatic rings. The van der Waals surface area contributed by atoms with Gasteiger partial charge in [0.2, 0.25) is 10.0 Å². The SMILES string of the molecule is Cc1coc2ccc(S(=O)(=O)NC(c3cc4cccc(-c5cc([C@](C)(O)C(F)(F)F)ccn5)c4s3)c3ccccc3Cl)cc12. The van der Waals surface area contributed by atoms with Gasteiger partial charge < -0.3 is 9.52 Å². The Morgan fingerprint density at radius 2 is 1.80 bits per heavy atom. The average Bonchev–Trinajstić information content (AvgIpc) is 3.59. The van der Waals surface area contributed by atoms with Gasteiger partial charge in [-0.1, -0.05) is 48.0 Å². The Balaban J connectivity index is 1.46. The molecule has 1 unspecified atom stereocenters. The number of furan rings is 1. The summed E-state index contributed by atoms with van der Waals surface area (Å²) in [6, 6.07) is 20.0. The van der Waals surface area contributed by atoms with Crippen molar-refractivity contribution in [2.45, 2.75) is 36.6 Å². The van der Waals surface area contributed by atoms with Crippen molar-refractivity contribution in [2.24, 2.45) is 0 Å². The van der Waals surface area contributed by atoms with Crippen LogP contribution in [0.1, 0.15) is 34.5 Å². The van der Waals surface area contributed by atoms with E-state index in [2.05, 4.69) is 9.71 Å². The maximum Gasteiger partial charge on any atom is 0.421 e. The molecule has 44 heavy (non-hydrogen) atoms. The second kappa shape index (κ2) is 11.0. The minimum absolute atomic E-state index is 0.0473. The molecule has 3 aromatic heterocycles. The van der Waals surface area contributed by atoms with Gasteiger partial charge >= 0.3 is 6.18 Å². The molecule has 6 nitrogen and oxygen atoms in total. The lowest BCUT2D eigenvalue weighted by molar-refractivity contribution is -0.258. The van der Waals surface area contributed by atoms with Crippen LogP contribution in [0.2, 0.25) is 5.02 Å². The highest BCUT2D eigenvalue weighted by Crippen LogP contribution is 2.43. The molecule has 12 heteroatoms. The number of sulfonamides is 1. The first kappa shape index (κ1) is 30.3. The van der Waals surface area contributed by atoms with Gasteiger partial charge in [0.05, 0.1) is 22.9 Å². The van der Waals surface area contributed by atoms with Crippen molar-refractivity contribution in [1.29, 1.82) is 0 Å². The molecular formula is C32H24ClF3N2O4S2. The van der Waals surface area contributed by atoms with Gasteiger partial charge in [-0.15, -0.1) is 11.3 Å². The molecular weight excluding hydrogens is 633 g/mol. The number of fused-ring (bicyclic) bond motifs is 2. The first-order valence-electron chi connectivity index (χ1n) is 13.3. The molecule has 0 saturated heterocycles. The van der Waals surface area contributed by atoms with Crippen molar-refractivity contribution in [3.05, 3.63) is 118 Å². The van der Waals surface area contributed by atoms with Crippen LogP contribution in [0.5, 0.6) is 0 Å². The van der Waals surface area contributed by atoms with E-state index in [0.717, 1.165) is 17.0 Å². The molecule has 3 heterocycles. The number of aliphatic hydroxyl groups is 1. The molecule has 0 saturated carbocycles. The van der Waals surface area contributed by atoms with Crippen LogP contribution in [-0.2, 0) is 15.6 Å². The van der Waals surface area contributed by atoms with Gasteiger partial charge in [0.15, 0.2) is 5.60 Å². The Bertz CT molecular complexity index is 2140. The first-order valence-corrected chi connectivity index (χ1v) is 16.0. The molecule has 0 aliphatic heterocycles. The minimum atomic E-state index is -4.89. The number of hydrogen-bond acceptors (Lipinski definition) is 6. The topological polar surface area (TPSA) is 92.4 Å². The Morgan fingerprint density at radius 1 is 1.02 bits per heavy atom. The third kappa shape index (κ3) is 5.39. The van der Waals surface area contributed by atoms with Crippen LogP contribution < -0.4 is 4.72 Å². The lowest BCUT2D eigenvalue weighted by Crippen LogP contribution is -2.39. The molecule has 2 atom stereocenters. The van der Waals surface area contributed by atoms with Crippen molar-refractivity contribution < 1.29 is 31.1 Å². The van der Waals surface area contributed by atoms with E-state index in [4.69, 9.17) is 16.0 Å². The number of hydrogen-bond donors (Lipinski definition) is 2. The number of pyridine rings is 1. The Kier molecular flexibility index (Phi) is 7.58. The molecule has 6 rings (SSSR count). The van der Waals surface area contributed by atoms with E-state index in [1.54, 1.807) is 54.8 Å². The standard InChI is InChI=1S/C32H24ClF3N2O4S2/c1-18-17-42-27-11-10-21(16-24(18)27)44(40,41)38-29(22-7-3-4-9-25(22)33)28-14-19-6-5-8-23(30(19)43-28)26-15-20(12-13-37-26)31(2,39)32(34,35)36/h3-17,29,38-39H,1-2H3/t29?,31-/m0/s1.